The van der Waals surface area contributed by atoms with Crippen LogP contribution in [0, 0.1) is 0 Å². The molecule has 0 bridgehead atoms. The maximum absolute atomic E-state index is 12.3. The molecule has 2 aromatic rings. The highest BCUT2D eigenvalue weighted by Gasteiger charge is 2.27. The predicted octanol–water partition coefficient (Wildman–Crippen LogP) is 1.53. The second kappa shape index (κ2) is 9.39. The summed E-state index contributed by atoms with van der Waals surface area (Å²) in [4.78, 5) is 15.8. The number of anilines is 2. The summed E-state index contributed by atoms with van der Waals surface area (Å²) in [7, 11) is 4.07. The number of benzene rings is 2. The van der Waals surface area contributed by atoms with Crippen molar-refractivity contribution in [1.82, 2.24) is 5.32 Å². The van der Waals surface area contributed by atoms with Gasteiger partial charge in [-0.1, -0.05) is 30.3 Å². The van der Waals surface area contributed by atoms with Gasteiger partial charge in [0.05, 0.1) is 19.8 Å². The zero-order valence-electron chi connectivity index (χ0n) is 16.1. The first kappa shape index (κ1) is 19.2. The van der Waals surface area contributed by atoms with Crippen LogP contribution < -0.4 is 20.4 Å². The lowest BCUT2D eigenvalue weighted by molar-refractivity contribution is -0.937. The number of hydrogen-bond donors (Lipinski definition) is 3. The molecule has 27 heavy (non-hydrogen) atoms. The minimum atomic E-state index is -0.177. The van der Waals surface area contributed by atoms with E-state index >= 15 is 0 Å². The van der Waals surface area contributed by atoms with Gasteiger partial charge in [0.2, 0.25) is 0 Å². The van der Waals surface area contributed by atoms with E-state index in [0.29, 0.717) is 6.54 Å². The molecule has 1 aliphatic rings. The fraction of sp³-hybridized carbons (Fsp3) is 0.381. The lowest BCUT2D eigenvalue weighted by Gasteiger charge is -2.32. The number of quaternary nitrogens is 1. The number of morpholine rings is 1. The zero-order chi connectivity index (χ0) is 19.1. The fourth-order valence-corrected chi connectivity index (χ4v) is 3.38. The second-order valence-electron chi connectivity index (χ2n) is 7.01. The van der Waals surface area contributed by atoms with E-state index in [4.69, 9.17) is 4.74 Å². The van der Waals surface area contributed by atoms with Gasteiger partial charge >= 0.3 is 6.03 Å². The van der Waals surface area contributed by atoms with Gasteiger partial charge in [-0.3, -0.25) is 0 Å². The van der Waals surface area contributed by atoms with E-state index in [1.807, 2.05) is 44.4 Å². The highest BCUT2D eigenvalue weighted by Crippen LogP contribution is 2.16. The maximum Gasteiger partial charge on any atom is 0.319 e. The average molecular weight is 369 g/mol. The third-order valence-electron chi connectivity index (χ3n) is 4.94. The Morgan fingerprint density at radius 2 is 1.74 bits per heavy atom. The van der Waals surface area contributed by atoms with E-state index < -0.39 is 0 Å². The Morgan fingerprint density at radius 1 is 1.07 bits per heavy atom. The number of carbonyl (C=O) groups is 1. The maximum atomic E-state index is 12.3. The summed E-state index contributed by atoms with van der Waals surface area (Å²) in [6.07, 6.45) is 0. The Balaban J connectivity index is 1.67. The lowest BCUT2D eigenvalue weighted by atomic mass is 10.0. The predicted molar refractivity (Wildman–Crippen MR) is 108 cm³/mol. The number of amides is 2. The molecule has 144 valence electrons. The molecule has 0 aliphatic carbocycles. The number of rotatable bonds is 6. The highest BCUT2D eigenvalue weighted by molar-refractivity contribution is 5.89. The first-order valence-electron chi connectivity index (χ1n) is 9.43. The van der Waals surface area contributed by atoms with Crippen LogP contribution in [-0.4, -0.2) is 53.0 Å². The van der Waals surface area contributed by atoms with Crippen LogP contribution in [0.2, 0.25) is 0 Å². The van der Waals surface area contributed by atoms with Gasteiger partial charge in [0.15, 0.2) is 0 Å². The second-order valence-corrected chi connectivity index (χ2v) is 7.01. The summed E-state index contributed by atoms with van der Waals surface area (Å²) in [6, 6.07) is 18.1. The molecule has 1 atom stereocenters. The van der Waals surface area contributed by atoms with Crippen molar-refractivity contribution in [1.29, 1.82) is 0 Å². The van der Waals surface area contributed by atoms with Crippen molar-refractivity contribution in [2.75, 3.05) is 57.2 Å². The van der Waals surface area contributed by atoms with Gasteiger partial charge in [-0.05, 0) is 24.3 Å². The van der Waals surface area contributed by atoms with Crippen LogP contribution in [0.15, 0.2) is 54.6 Å². The molecule has 3 rings (SSSR count). The smallest absolute Gasteiger partial charge is 0.319 e. The van der Waals surface area contributed by atoms with E-state index in [9.17, 15) is 4.79 Å². The SMILES string of the molecule is CN(C)c1ccc([C@H](CNC(=O)Nc2ccccc2)[NH+]2CCOCC2)cc1. The third-order valence-corrected chi connectivity index (χ3v) is 4.94. The monoisotopic (exact) mass is 369 g/mol. The average Bonchev–Trinajstić information content (AvgIpc) is 2.70. The third kappa shape index (κ3) is 5.45. The minimum absolute atomic E-state index is 0.177. The molecule has 6 nitrogen and oxygen atoms in total. The van der Waals surface area contributed by atoms with E-state index in [1.165, 1.54) is 16.2 Å². The van der Waals surface area contributed by atoms with Crippen molar-refractivity contribution in [2.45, 2.75) is 6.04 Å². The van der Waals surface area contributed by atoms with Crippen molar-refractivity contribution >= 4 is 17.4 Å². The summed E-state index contributed by atoms with van der Waals surface area (Å²) >= 11 is 0. The Kier molecular flexibility index (Phi) is 6.68. The molecule has 0 spiro atoms. The van der Waals surface area contributed by atoms with Gasteiger partial charge in [-0.25, -0.2) is 4.79 Å². The molecular formula is C21H29N4O2+. The van der Waals surface area contributed by atoms with Crippen molar-refractivity contribution in [3.63, 3.8) is 0 Å². The van der Waals surface area contributed by atoms with Gasteiger partial charge < -0.3 is 25.2 Å². The first-order chi connectivity index (χ1) is 13.1. The van der Waals surface area contributed by atoms with Crippen molar-refractivity contribution in [2.24, 2.45) is 0 Å². The van der Waals surface area contributed by atoms with Crippen LogP contribution in [0.5, 0.6) is 0 Å². The Hall–Kier alpha value is -2.57. The molecule has 2 aromatic carbocycles. The molecular weight excluding hydrogens is 340 g/mol. The van der Waals surface area contributed by atoms with E-state index in [1.54, 1.807) is 0 Å². The van der Waals surface area contributed by atoms with Gasteiger partial charge in [-0.2, -0.15) is 0 Å². The number of nitrogens with zero attached hydrogens (tertiary/aromatic N) is 1. The van der Waals surface area contributed by atoms with Gasteiger partial charge in [0, 0.05) is 31.0 Å². The van der Waals surface area contributed by atoms with Crippen LogP contribution in [-0.2, 0) is 4.74 Å². The number of hydrogen-bond acceptors (Lipinski definition) is 3. The Bertz CT molecular complexity index is 713. The molecule has 1 aliphatic heterocycles. The van der Waals surface area contributed by atoms with Crippen LogP contribution >= 0.6 is 0 Å². The van der Waals surface area contributed by atoms with Crippen LogP contribution in [0.3, 0.4) is 0 Å². The molecule has 1 heterocycles. The Morgan fingerprint density at radius 3 is 2.37 bits per heavy atom. The number of ether oxygens (including phenoxy) is 1. The minimum Gasteiger partial charge on any atom is -0.378 e. The van der Waals surface area contributed by atoms with E-state index in [-0.39, 0.29) is 12.1 Å². The summed E-state index contributed by atoms with van der Waals surface area (Å²) in [5.41, 5.74) is 3.20. The molecule has 6 heteroatoms. The first-order valence-corrected chi connectivity index (χ1v) is 9.43. The largest absolute Gasteiger partial charge is 0.378 e. The highest BCUT2D eigenvalue weighted by atomic mass is 16.5. The number of para-hydroxylation sites is 1. The van der Waals surface area contributed by atoms with Crippen molar-refractivity contribution in [3.8, 4) is 0 Å². The summed E-state index contributed by atoms with van der Waals surface area (Å²) in [5.74, 6) is 0. The molecule has 0 unspecified atom stereocenters. The summed E-state index contributed by atoms with van der Waals surface area (Å²) in [6.45, 7) is 4.00. The van der Waals surface area contributed by atoms with Crippen LogP contribution in [0.25, 0.3) is 0 Å². The molecule has 3 N–H and O–H groups in total. The molecule has 0 aromatic heterocycles. The molecule has 0 saturated carbocycles. The number of urea groups is 1. The number of carbonyl (C=O) groups excluding carboxylic acids is 1. The molecule has 1 fully saturated rings. The molecule has 1 saturated heterocycles. The van der Waals surface area contributed by atoms with Gasteiger partial charge in [0.1, 0.15) is 19.1 Å². The van der Waals surface area contributed by atoms with Crippen LogP contribution in [0.4, 0.5) is 16.2 Å². The molecule has 2 amide bonds. The quantitative estimate of drug-likeness (QED) is 0.724. The van der Waals surface area contributed by atoms with Gasteiger partial charge in [0.25, 0.3) is 0 Å². The van der Waals surface area contributed by atoms with Crippen LogP contribution in [0.1, 0.15) is 11.6 Å². The van der Waals surface area contributed by atoms with E-state index in [0.717, 1.165) is 32.0 Å². The van der Waals surface area contributed by atoms with Gasteiger partial charge in [-0.15, -0.1) is 0 Å². The standard InChI is InChI=1S/C21H28N4O2/c1-24(2)19-10-8-17(9-11-19)20(25-12-14-27-15-13-25)16-22-21(26)23-18-6-4-3-5-7-18/h3-11,20H,12-16H2,1-2H3,(H2,22,23,26)/p+1/t20-/m0/s1. The van der Waals surface area contributed by atoms with E-state index in [2.05, 4.69) is 39.8 Å². The summed E-state index contributed by atoms with van der Waals surface area (Å²) < 4.78 is 5.51. The molecule has 0 radical (unpaired) electrons. The van der Waals surface area contributed by atoms with Crippen molar-refractivity contribution in [3.05, 3.63) is 60.2 Å². The zero-order valence-corrected chi connectivity index (χ0v) is 16.1. The fourth-order valence-electron chi connectivity index (χ4n) is 3.38. The van der Waals surface area contributed by atoms with Crippen molar-refractivity contribution < 1.29 is 14.4 Å². The number of nitrogens with one attached hydrogen (secondary N) is 3. The lowest BCUT2D eigenvalue weighted by Crippen LogP contribution is -3.15. The topological polar surface area (TPSA) is 58.0 Å². The Labute approximate surface area is 161 Å². The summed E-state index contributed by atoms with van der Waals surface area (Å²) in [5, 5.41) is 5.93. The normalized spacial score (nSPS) is 15.8.